The van der Waals surface area contributed by atoms with E-state index in [9.17, 15) is 0 Å². The molecule has 0 amide bonds. The Hall–Kier alpha value is -1.69. The van der Waals surface area contributed by atoms with E-state index in [1.54, 1.807) is 11.8 Å². The highest BCUT2D eigenvalue weighted by Gasteiger charge is 2.66. The third-order valence-corrected chi connectivity index (χ3v) is 7.23. The van der Waals surface area contributed by atoms with Crippen molar-refractivity contribution in [2.45, 2.75) is 50.9 Å². The molecule has 3 heteroatoms. The SMILES string of the molecule is N#COOc1ccc2c(c1)CCC1C2CCC23CC2CCC13. The molecule has 5 atom stereocenters. The number of fused-ring (bicyclic) bond motifs is 4. The minimum absolute atomic E-state index is 0.647. The number of benzene rings is 1. The zero-order valence-electron chi connectivity index (χ0n) is 12.8. The molecule has 4 aliphatic carbocycles. The molecule has 3 nitrogen and oxygen atoms in total. The summed E-state index contributed by atoms with van der Waals surface area (Å²) in [5, 5.41) is 8.44. The fraction of sp³-hybridized carbons (Fsp3) is 0.632. The molecule has 114 valence electrons. The molecule has 0 heterocycles. The predicted molar refractivity (Wildman–Crippen MR) is 80.8 cm³/mol. The second-order valence-corrected chi connectivity index (χ2v) is 7.78. The molecule has 0 bridgehead atoms. The molecule has 0 aromatic heterocycles. The van der Waals surface area contributed by atoms with Gasteiger partial charge in [0.2, 0.25) is 0 Å². The first kappa shape index (κ1) is 12.8. The molecule has 1 aromatic carbocycles. The minimum Gasteiger partial charge on any atom is -0.279 e. The lowest BCUT2D eigenvalue weighted by atomic mass is 9.59. The number of rotatable bonds is 2. The molecule has 5 rings (SSSR count). The summed E-state index contributed by atoms with van der Waals surface area (Å²) in [4.78, 5) is 9.39. The van der Waals surface area contributed by atoms with Crippen molar-refractivity contribution in [2.24, 2.45) is 23.2 Å². The molecular formula is C19H21NO2. The van der Waals surface area contributed by atoms with E-state index in [1.165, 1.54) is 44.1 Å². The van der Waals surface area contributed by atoms with Crippen LogP contribution in [0, 0.1) is 34.7 Å². The molecule has 1 aromatic rings. The Morgan fingerprint density at radius 1 is 1.18 bits per heavy atom. The summed E-state index contributed by atoms with van der Waals surface area (Å²) in [5.74, 6) is 4.40. The van der Waals surface area contributed by atoms with Gasteiger partial charge in [-0.25, -0.2) is 4.89 Å². The molecule has 22 heavy (non-hydrogen) atoms. The Morgan fingerprint density at radius 2 is 2.14 bits per heavy atom. The zero-order valence-corrected chi connectivity index (χ0v) is 12.8. The molecule has 0 saturated heterocycles. The molecule has 1 spiro atoms. The van der Waals surface area contributed by atoms with Gasteiger partial charge in [0.15, 0.2) is 5.75 Å². The predicted octanol–water partition coefficient (Wildman–Crippen LogP) is 4.33. The number of hydrogen-bond acceptors (Lipinski definition) is 3. The second-order valence-electron chi connectivity index (χ2n) is 7.78. The molecule has 0 aliphatic heterocycles. The van der Waals surface area contributed by atoms with Crippen LogP contribution in [0.15, 0.2) is 18.2 Å². The van der Waals surface area contributed by atoms with Crippen LogP contribution in [0.5, 0.6) is 5.75 Å². The van der Waals surface area contributed by atoms with E-state index >= 15 is 0 Å². The quantitative estimate of drug-likeness (QED) is 0.463. The van der Waals surface area contributed by atoms with Gasteiger partial charge in [-0.1, -0.05) is 6.07 Å². The normalized spacial score (nSPS) is 40.5. The molecule has 5 unspecified atom stereocenters. The lowest BCUT2D eigenvalue weighted by Gasteiger charge is -2.46. The molecule has 3 saturated carbocycles. The Morgan fingerprint density at radius 3 is 3.00 bits per heavy atom. The minimum atomic E-state index is 0.647. The third kappa shape index (κ3) is 1.61. The van der Waals surface area contributed by atoms with Crippen LogP contribution in [0.4, 0.5) is 0 Å². The maximum absolute atomic E-state index is 8.44. The Labute approximate surface area is 131 Å². The Kier molecular flexibility index (Phi) is 2.57. The van der Waals surface area contributed by atoms with Crippen LogP contribution in [0.1, 0.15) is 55.6 Å². The highest BCUT2D eigenvalue weighted by molar-refractivity contribution is 5.41. The van der Waals surface area contributed by atoms with Crippen molar-refractivity contribution in [1.82, 2.24) is 0 Å². The number of hydrogen-bond donors (Lipinski definition) is 0. The van der Waals surface area contributed by atoms with Crippen LogP contribution in [-0.2, 0) is 11.3 Å². The molecular weight excluding hydrogens is 274 g/mol. The van der Waals surface area contributed by atoms with E-state index in [0.717, 1.165) is 35.5 Å². The monoisotopic (exact) mass is 295 g/mol. The van der Waals surface area contributed by atoms with Gasteiger partial charge in [-0.2, -0.15) is 0 Å². The number of aryl methyl sites for hydroxylation is 1. The lowest BCUT2D eigenvalue weighted by Crippen LogP contribution is -2.36. The molecule has 3 fully saturated rings. The van der Waals surface area contributed by atoms with Gasteiger partial charge in [0.05, 0.1) is 0 Å². The van der Waals surface area contributed by atoms with E-state index in [0.29, 0.717) is 5.75 Å². The van der Waals surface area contributed by atoms with Crippen LogP contribution in [-0.4, -0.2) is 0 Å². The summed E-state index contributed by atoms with van der Waals surface area (Å²) in [6, 6.07) is 6.25. The van der Waals surface area contributed by atoms with Crippen LogP contribution >= 0.6 is 0 Å². The summed E-state index contributed by atoms with van der Waals surface area (Å²) in [7, 11) is 0. The number of nitrogens with zero attached hydrogens (tertiary/aromatic N) is 1. The fourth-order valence-electron chi connectivity index (χ4n) is 6.35. The molecule has 4 aliphatic rings. The summed E-state index contributed by atoms with van der Waals surface area (Å²) in [5.41, 5.74) is 3.73. The Bertz CT molecular complexity index is 664. The van der Waals surface area contributed by atoms with Crippen LogP contribution in [0.25, 0.3) is 0 Å². The van der Waals surface area contributed by atoms with Gasteiger partial charge in [-0.3, -0.25) is 4.89 Å². The summed E-state index contributed by atoms with van der Waals surface area (Å²) in [6.07, 6.45) is 11.4. The van der Waals surface area contributed by atoms with Crippen molar-refractivity contribution < 1.29 is 9.78 Å². The largest absolute Gasteiger partial charge is 0.338 e. The standard InChI is InChI=1S/C19H21NO2/c20-11-21-22-14-3-5-15-12(9-14)1-4-17-16(15)7-8-19-10-13(19)2-6-18(17)19/h3,5,9,13,16-18H,1-2,4,6-8,10H2. The summed E-state index contributed by atoms with van der Waals surface area (Å²) in [6.45, 7) is 0. The third-order valence-electron chi connectivity index (χ3n) is 7.23. The van der Waals surface area contributed by atoms with Crippen LogP contribution < -0.4 is 4.89 Å². The van der Waals surface area contributed by atoms with E-state index in [-0.39, 0.29) is 0 Å². The first-order valence-corrected chi connectivity index (χ1v) is 8.67. The molecule has 0 radical (unpaired) electrons. The van der Waals surface area contributed by atoms with E-state index in [1.807, 2.05) is 6.07 Å². The van der Waals surface area contributed by atoms with Crippen LogP contribution in [0.3, 0.4) is 0 Å². The summed E-state index contributed by atoms with van der Waals surface area (Å²) < 4.78 is 0. The van der Waals surface area contributed by atoms with Crippen molar-refractivity contribution in [3.63, 3.8) is 0 Å². The lowest BCUT2D eigenvalue weighted by molar-refractivity contribution is -0.136. The van der Waals surface area contributed by atoms with Gasteiger partial charge >= 0.3 is 6.26 Å². The zero-order chi connectivity index (χ0) is 14.7. The maximum atomic E-state index is 8.44. The van der Waals surface area contributed by atoms with Gasteiger partial charge in [-0.05, 0) is 97.3 Å². The van der Waals surface area contributed by atoms with Gasteiger partial charge in [0, 0.05) is 0 Å². The Balaban J connectivity index is 1.44. The topological polar surface area (TPSA) is 42.2 Å². The van der Waals surface area contributed by atoms with Gasteiger partial charge in [0.25, 0.3) is 0 Å². The van der Waals surface area contributed by atoms with Crippen LogP contribution in [0.2, 0.25) is 0 Å². The van der Waals surface area contributed by atoms with E-state index < -0.39 is 0 Å². The van der Waals surface area contributed by atoms with Gasteiger partial charge < -0.3 is 0 Å². The maximum Gasteiger partial charge on any atom is 0.338 e. The highest BCUT2D eigenvalue weighted by Crippen LogP contribution is 2.75. The first-order valence-electron chi connectivity index (χ1n) is 8.67. The smallest absolute Gasteiger partial charge is 0.279 e. The van der Waals surface area contributed by atoms with E-state index in [2.05, 4.69) is 17.0 Å². The van der Waals surface area contributed by atoms with Crippen molar-refractivity contribution in [3.05, 3.63) is 29.3 Å². The average molecular weight is 295 g/mol. The molecule has 0 N–H and O–H groups in total. The van der Waals surface area contributed by atoms with Gasteiger partial charge in [-0.15, -0.1) is 5.26 Å². The highest BCUT2D eigenvalue weighted by atomic mass is 17.2. The van der Waals surface area contributed by atoms with Crippen molar-refractivity contribution >= 4 is 0 Å². The first-order chi connectivity index (χ1) is 10.8. The van der Waals surface area contributed by atoms with Crippen molar-refractivity contribution in [3.8, 4) is 12.0 Å². The summed E-state index contributed by atoms with van der Waals surface area (Å²) >= 11 is 0. The van der Waals surface area contributed by atoms with Crippen molar-refractivity contribution in [2.75, 3.05) is 0 Å². The van der Waals surface area contributed by atoms with Crippen molar-refractivity contribution in [1.29, 1.82) is 5.26 Å². The van der Waals surface area contributed by atoms with E-state index in [4.69, 9.17) is 10.1 Å². The number of nitriles is 1. The second kappa shape index (κ2) is 4.41. The average Bonchev–Trinajstić information content (AvgIpc) is 3.13. The fourth-order valence-corrected chi connectivity index (χ4v) is 6.35. The van der Waals surface area contributed by atoms with Gasteiger partial charge in [0.1, 0.15) is 0 Å².